The number of hydrogen-bond donors (Lipinski definition) is 1. The normalized spacial score (nSPS) is 17.3. The molecule has 104 valence electrons. The minimum absolute atomic E-state index is 0.0123. The molecule has 0 aromatic rings. The maximum absolute atomic E-state index is 11.6. The Morgan fingerprint density at radius 3 is 2.50 bits per heavy atom. The summed E-state index contributed by atoms with van der Waals surface area (Å²) >= 11 is 0. The molecular weight excluding hydrogens is 242 g/mol. The van der Waals surface area contributed by atoms with E-state index in [9.17, 15) is 9.59 Å². The van der Waals surface area contributed by atoms with Gasteiger partial charge in [0.15, 0.2) is 0 Å². The van der Waals surface area contributed by atoms with Gasteiger partial charge in [0.2, 0.25) is 5.91 Å². The van der Waals surface area contributed by atoms with Gasteiger partial charge in [-0.3, -0.25) is 4.79 Å². The van der Waals surface area contributed by atoms with Crippen molar-refractivity contribution >= 4 is 11.9 Å². The highest BCUT2D eigenvalue weighted by Crippen LogP contribution is 2.24. The number of nitrogens with zero attached hydrogens (tertiary/aromatic N) is 1. The average molecular weight is 261 g/mol. The first-order valence-electron chi connectivity index (χ1n) is 5.67. The van der Waals surface area contributed by atoms with Crippen molar-refractivity contribution in [2.75, 3.05) is 46.6 Å². The lowest BCUT2D eigenvalue weighted by Crippen LogP contribution is -2.64. The Balaban J connectivity index is 2.16. The number of carboxylic acids is 1. The molecule has 0 aromatic heterocycles. The SMILES string of the molecule is COCCOCC(=O)N1CC(C)(OCC(=O)O)C1. The molecule has 0 atom stereocenters. The lowest BCUT2D eigenvalue weighted by atomic mass is 9.96. The van der Waals surface area contributed by atoms with Gasteiger partial charge in [0.25, 0.3) is 0 Å². The van der Waals surface area contributed by atoms with Crippen LogP contribution in [0.3, 0.4) is 0 Å². The van der Waals surface area contributed by atoms with Gasteiger partial charge in [-0.1, -0.05) is 0 Å². The quantitative estimate of drug-likeness (QED) is 0.584. The molecule has 1 heterocycles. The summed E-state index contributed by atoms with van der Waals surface area (Å²) in [6.07, 6.45) is 0. The van der Waals surface area contributed by atoms with Crippen LogP contribution in [0.1, 0.15) is 6.92 Å². The van der Waals surface area contributed by atoms with Crippen LogP contribution < -0.4 is 0 Å². The van der Waals surface area contributed by atoms with Crippen LogP contribution in [0.2, 0.25) is 0 Å². The summed E-state index contributed by atoms with van der Waals surface area (Å²) < 4.78 is 15.1. The molecule has 0 saturated carbocycles. The number of methoxy groups -OCH3 is 1. The van der Waals surface area contributed by atoms with Crippen molar-refractivity contribution in [2.24, 2.45) is 0 Å². The number of ether oxygens (including phenoxy) is 3. The molecule has 0 aliphatic carbocycles. The Morgan fingerprint density at radius 2 is 1.94 bits per heavy atom. The Morgan fingerprint density at radius 1 is 1.28 bits per heavy atom. The Hall–Kier alpha value is -1.18. The fourth-order valence-corrected chi connectivity index (χ4v) is 1.66. The summed E-state index contributed by atoms with van der Waals surface area (Å²) in [5.41, 5.74) is -0.555. The molecule has 0 radical (unpaired) electrons. The standard InChI is InChI=1S/C11H19NO6/c1-11(18-6-10(14)15)7-12(8-11)9(13)5-17-4-3-16-2/h3-8H2,1-2H3,(H,14,15). The van der Waals surface area contributed by atoms with Crippen molar-refractivity contribution in [1.82, 2.24) is 4.90 Å². The van der Waals surface area contributed by atoms with E-state index in [1.807, 2.05) is 0 Å². The summed E-state index contributed by atoms with van der Waals surface area (Å²) in [4.78, 5) is 23.5. The predicted molar refractivity (Wildman–Crippen MR) is 61.3 cm³/mol. The number of hydrogen-bond acceptors (Lipinski definition) is 5. The molecule has 1 saturated heterocycles. The lowest BCUT2D eigenvalue weighted by molar-refractivity contribution is -0.175. The summed E-state index contributed by atoms with van der Waals surface area (Å²) in [6, 6.07) is 0. The van der Waals surface area contributed by atoms with Gasteiger partial charge in [-0.05, 0) is 6.92 Å². The maximum atomic E-state index is 11.6. The predicted octanol–water partition coefficient (Wildman–Crippen LogP) is -0.648. The van der Waals surface area contributed by atoms with Crippen molar-refractivity contribution < 1.29 is 28.9 Å². The molecule has 0 aromatic carbocycles. The van der Waals surface area contributed by atoms with E-state index in [-0.39, 0.29) is 19.1 Å². The molecular formula is C11H19NO6. The molecule has 18 heavy (non-hydrogen) atoms. The largest absolute Gasteiger partial charge is 0.480 e. The van der Waals surface area contributed by atoms with Crippen LogP contribution in [0.5, 0.6) is 0 Å². The number of carbonyl (C=O) groups is 2. The lowest BCUT2D eigenvalue weighted by Gasteiger charge is -2.47. The van der Waals surface area contributed by atoms with Gasteiger partial charge >= 0.3 is 5.97 Å². The van der Waals surface area contributed by atoms with Crippen molar-refractivity contribution in [3.05, 3.63) is 0 Å². The Kier molecular flexibility index (Phi) is 5.52. The van der Waals surface area contributed by atoms with E-state index < -0.39 is 11.6 Å². The van der Waals surface area contributed by atoms with Crippen LogP contribution in [0.25, 0.3) is 0 Å². The molecule has 0 bridgehead atoms. The molecule has 1 amide bonds. The molecule has 7 heteroatoms. The molecule has 1 aliphatic rings. The van der Waals surface area contributed by atoms with Crippen LogP contribution >= 0.6 is 0 Å². The highest BCUT2D eigenvalue weighted by atomic mass is 16.5. The smallest absolute Gasteiger partial charge is 0.329 e. The highest BCUT2D eigenvalue weighted by Gasteiger charge is 2.42. The van der Waals surface area contributed by atoms with Crippen LogP contribution in [-0.4, -0.2) is 74.1 Å². The van der Waals surface area contributed by atoms with Crippen LogP contribution in [-0.2, 0) is 23.8 Å². The first kappa shape index (κ1) is 14.9. The molecule has 0 spiro atoms. The van der Waals surface area contributed by atoms with E-state index in [4.69, 9.17) is 19.3 Å². The van der Waals surface area contributed by atoms with Crippen LogP contribution in [0, 0.1) is 0 Å². The maximum Gasteiger partial charge on any atom is 0.329 e. The first-order chi connectivity index (χ1) is 8.47. The zero-order valence-electron chi connectivity index (χ0n) is 10.7. The monoisotopic (exact) mass is 261 g/mol. The van der Waals surface area contributed by atoms with Gasteiger partial charge in [0.1, 0.15) is 18.8 Å². The minimum atomic E-state index is -1.01. The third-order valence-electron chi connectivity index (χ3n) is 2.60. The molecule has 1 N–H and O–H groups in total. The second-order valence-electron chi connectivity index (χ2n) is 4.43. The minimum Gasteiger partial charge on any atom is -0.480 e. The zero-order chi connectivity index (χ0) is 13.6. The van der Waals surface area contributed by atoms with Crippen LogP contribution in [0.4, 0.5) is 0 Å². The van der Waals surface area contributed by atoms with Crippen molar-refractivity contribution in [1.29, 1.82) is 0 Å². The number of likely N-dealkylation sites (tertiary alicyclic amines) is 1. The van der Waals surface area contributed by atoms with E-state index in [0.29, 0.717) is 26.3 Å². The fourth-order valence-electron chi connectivity index (χ4n) is 1.66. The topological polar surface area (TPSA) is 85.3 Å². The molecule has 1 rings (SSSR count). The molecule has 0 unspecified atom stereocenters. The molecule has 1 fully saturated rings. The summed E-state index contributed by atoms with van der Waals surface area (Å²) in [5, 5.41) is 8.50. The molecule has 1 aliphatic heterocycles. The number of rotatable bonds is 8. The van der Waals surface area contributed by atoms with Gasteiger partial charge in [-0.2, -0.15) is 0 Å². The third kappa shape index (κ3) is 4.59. The summed E-state index contributed by atoms with van der Waals surface area (Å²) in [5.74, 6) is -1.13. The zero-order valence-corrected chi connectivity index (χ0v) is 10.7. The average Bonchev–Trinajstić information content (AvgIpc) is 2.28. The highest BCUT2D eigenvalue weighted by molar-refractivity contribution is 5.78. The number of aliphatic carboxylic acids is 1. The van der Waals surface area contributed by atoms with Gasteiger partial charge in [-0.25, -0.2) is 4.79 Å². The second-order valence-corrected chi connectivity index (χ2v) is 4.43. The number of amides is 1. The van der Waals surface area contributed by atoms with E-state index in [0.717, 1.165) is 0 Å². The Labute approximate surface area is 106 Å². The van der Waals surface area contributed by atoms with Gasteiger partial charge in [0, 0.05) is 7.11 Å². The second kappa shape index (κ2) is 6.67. The van der Waals surface area contributed by atoms with Gasteiger partial charge in [-0.15, -0.1) is 0 Å². The molecule has 7 nitrogen and oxygen atoms in total. The Bertz CT molecular complexity index is 300. The van der Waals surface area contributed by atoms with Crippen molar-refractivity contribution in [2.45, 2.75) is 12.5 Å². The van der Waals surface area contributed by atoms with Gasteiger partial charge < -0.3 is 24.2 Å². The number of carboxylic acid groups (broad SMARTS) is 1. The summed E-state index contributed by atoms with van der Waals surface area (Å²) in [6.45, 7) is 3.07. The van der Waals surface area contributed by atoms with E-state index in [1.54, 1.807) is 18.9 Å². The van der Waals surface area contributed by atoms with Gasteiger partial charge in [0.05, 0.1) is 26.3 Å². The third-order valence-corrected chi connectivity index (χ3v) is 2.60. The fraction of sp³-hybridized carbons (Fsp3) is 0.818. The first-order valence-corrected chi connectivity index (χ1v) is 5.67. The number of carbonyl (C=O) groups excluding carboxylic acids is 1. The van der Waals surface area contributed by atoms with E-state index in [2.05, 4.69) is 0 Å². The van der Waals surface area contributed by atoms with Crippen LogP contribution in [0.15, 0.2) is 0 Å². The van der Waals surface area contributed by atoms with E-state index in [1.165, 1.54) is 0 Å². The summed E-state index contributed by atoms with van der Waals surface area (Å²) in [7, 11) is 1.56. The van der Waals surface area contributed by atoms with Crippen molar-refractivity contribution in [3.63, 3.8) is 0 Å². The van der Waals surface area contributed by atoms with E-state index >= 15 is 0 Å². The van der Waals surface area contributed by atoms with Crippen molar-refractivity contribution in [3.8, 4) is 0 Å².